The summed E-state index contributed by atoms with van der Waals surface area (Å²) in [6, 6.07) is 7.94. The van der Waals surface area contributed by atoms with Crippen LogP contribution in [-0.4, -0.2) is 41.7 Å². The Hall–Kier alpha value is -2.15. The van der Waals surface area contributed by atoms with Crippen molar-refractivity contribution in [3.8, 4) is 11.3 Å². The standard InChI is InChI=1S/C19H23N3O3S/c1-22-18(15-7-6-13-4-2-3-5-14(13)10-15)11-17(21-22)19(23)20-16-8-9-26(24,25)12-16/h6-7,10-11,16H,2-5,8-9,12H2,1H3,(H,20,23). The topological polar surface area (TPSA) is 81.1 Å². The van der Waals surface area contributed by atoms with Gasteiger partial charge in [0.05, 0.1) is 17.2 Å². The van der Waals surface area contributed by atoms with Crippen molar-refractivity contribution in [2.45, 2.75) is 38.1 Å². The van der Waals surface area contributed by atoms with Crippen LogP contribution in [0.5, 0.6) is 0 Å². The zero-order valence-corrected chi connectivity index (χ0v) is 15.7. The molecule has 1 aromatic carbocycles. The molecule has 2 aromatic rings. The number of amides is 1. The average molecular weight is 373 g/mol. The highest BCUT2D eigenvalue weighted by molar-refractivity contribution is 7.91. The molecule has 1 N–H and O–H groups in total. The number of hydrogen-bond donors (Lipinski definition) is 1. The third-order valence-corrected chi connectivity index (χ3v) is 7.09. The molecular formula is C19H23N3O3S. The monoisotopic (exact) mass is 373 g/mol. The summed E-state index contributed by atoms with van der Waals surface area (Å²) in [5.41, 5.74) is 5.08. The van der Waals surface area contributed by atoms with Crippen LogP contribution in [0, 0.1) is 0 Å². The fourth-order valence-corrected chi connectivity index (χ4v) is 5.58. The first-order chi connectivity index (χ1) is 12.4. The molecule has 1 atom stereocenters. The lowest BCUT2D eigenvalue weighted by Gasteiger charge is -2.16. The second-order valence-corrected chi connectivity index (χ2v) is 9.53. The molecule has 1 amide bonds. The van der Waals surface area contributed by atoms with Crippen molar-refractivity contribution in [3.63, 3.8) is 0 Å². The summed E-state index contributed by atoms with van der Waals surface area (Å²) in [5, 5.41) is 7.13. The molecule has 138 valence electrons. The molecule has 1 aromatic heterocycles. The molecule has 0 spiro atoms. The molecule has 4 rings (SSSR count). The van der Waals surface area contributed by atoms with Crippen LogP contribution in [0.1, 0.15) is 40.9 Å². The number of hydrogen-bond acceptors (Lipinski definition) is 4. The molecule has 0 bridgehead atoms. The predicted octanol–water partition coefficient (Wildman–Crippen LogP) is 1.88. The number of carbonyl (C=O) groups excluding carboxylic acids is 1. The first kappa shape index (κ1) is 17.3. The normalized spacial score (nSPS) is 21.3. The van der Waals surface area contributed by atoms with Crippen molar-refractivity contribution >= 4 is 15.7 Å². The molecule has 1 aliphatic heterocycles. The molecule has 7 heteroatoms. The third-order valence-electron chi connectivity index (χ3n) is 5.32. The van der Waals surface area contributed by atoms with Crippen LogP contribution >= 0.6 is 0 Å². The minimum Gasteiger partial charge on any atom is -0.347 e. The summed E-state index contributed by atoms with van der Waals surface area (Å²) in [6.07, 6.45) is 5.18. The molecule has 2 heterocycles. The van der Waals surface area contributed by atoms with Gasteiger partial charge in [0.15, 0.2) is 15.5 Å². The van der Waals surface area contributed by atoms with Crippen LogP contribution in [0.25, 0.3) is 11.3 Å². The van der Waals surface area contributed by atoms with Crippen molar-refractivity contribution < 1.29 is 13.2 Å². The Morgan fingerprint density at radius 1 is 1.19 bits per heavy atom. The SMILES string of the molecule is Cn1nc(C(=O)NC2CCS(=O)(=O)C2)cc1-c1ccc2c(c1)CCCC2. The van der Waals surface area contributed by atoms with Crippen LogP contribution < -0.4 is 5.32 Å². The van der Waals surface area contributed by atoms with Crippen molar-refractivity contribution in [1.29, 1.82) is 0 Å². The quantitative estimate of drug-likeness (QED) is 0.891. The second-order valence-electron chi connectivity index (χ2n) is 7.30. The van der Waals surface area contributed by atoms with Gasteiger partial charge in [0.2, 0.25) is 0 Å². The number of nitrogens with zero attached hydrogens (tertiary/aromatic N) is 2. The predicted molar refractivity (Wildman–Crippen MR) is 99.8 cm³/mol. The first-order valence-corrected chi connectivity index (χ1v) is 10.9. The van der Waals surface area contributed by atoms with Gasteiger partial charge in [0.25, 0.3) is 5.91 Å². The highest BCUT2D eigenvalue weighted by Crippen LogP contribution is 2.27. The summed E-state index contributed by atoms with van der Waals surface area (Å²) in [5.74, 6) is -0.157. The Morgan fingerprint density at radius 3 is 2.69 bits per heavy atom. The van der Waals surface area contributed by atoms with Gasteiger partial charge >= 0.3 is 0 Å². The van der Waals surface area contributed by atoms with Gasteiger partial charge in [-0.15, -0.1) is 0 Å². The van der Waals surface area contributed by atoms with E-state index in [1.54, 1.807) is 10.7 Å². The van der Waals surface area contributed by atoms with Crippen molar-refractivity contribution in [3.05, 3.63) is 41.1 Å². The molecular weight excluding hydrogens is 350 g/mol. The first-order valence-electron chi connectivity index (χ1n) is 9.09. The van der Waals surface area contributed by atoms with Crippen LogP contribution in [0.15, 0.2) is 24.3 Å². The van der Waals surface area contributed by atoms with Gasteiger partial charge in [-0.25, -0.2) is 8.42 Å². The van der Waals surface area contributed by atoms with E-state index in [4.69, 9.17) is 0 Å². The molecule has 1 saturated heterocycles. The fraction of sp³-hybridized carbons (Fsp3) is 0.474. The van der Waals surface area contributed by atoms with Crippen LogP contribution in [0.2, 0.25) is 0 Å². The number of benzene rings is 1. The van der Waals surface area contributed by atoms with E-state index >= 15 is 0 Å². The van der Waals surface area contributed by atoms with Crippen LogP contribution in [0.3, 0.4) is 0 Å². The van der Waals surface area contributed by atoms with E-state index in [1.165, 1.54) is 24.0 Å². The number of aryl methyl sites for hydroxylation is 3. The summed E-state index contributed by atoms with van der Waals surface area (Å²) >= 11 is 0. The number of nitrogens with one attached hydrogen (secondary N) is 1. The van der Waals surface area contributed by atoms with Crippen LogP contribution in [-0.2, 0) is 29.7 Å². The molecule has 1 aliphatic carbocycles. The largest absolute Gasteiger partial charge is 0.347 e. The van der Waals surface area contributed by atoms with E-state index in [1.807, 2.05) is 7.05 Å². The Morgan fingerprint density at radius 2 is 1.96 bits per heavy atom. The van der Waals surface area contributed by atoms with Gasteiger partial charge in [-0.3, -0.25) is 9.48 Å². The third kappa shape index (κ3) is 3.40. The van der Waals surface area contributed by atoms with Crippen LogP contribution in [0.4, 0.5) is 0 Å². The minimum atomic E-state index is -3.02. The highest BCUT2D eigenvalue weighted by Gasteiger charge is 2.29. The van der Waals surface area contributed by atoms with Crippen molar-refractivity contribution in [1.82, 2.24) is 15.1 Å². The molecule has 0 radical (unpaired) electrons. The number of aromatic nitrogens is 2. The van der Waals surface area contributed by atoms with Gasteiger partial charge < -0.3 is 5.32 Å². The zero-order valence-electron chi connectivity index (χ0n) is 14.9. The lowest BCUT2D eigenvalue weighted by atomic mass is 9.90. The smallest absolute Gasteiger partial charge is 0.272 e. The Bertz CT molecular complexity index is 962. The lowest BCUT2D eigenvalue weighted by molar-refractivity contribution is 0.0935. The average Bonchev–Trinajstić information content (AvgIpc) is 3.16. The fourth-order valence-electron chi connectivity index (χ4n) is 3.91. The summed E-state index contributed by atoms with van der Waals surface area (Å²) in [4.78, 5) is 12.5. The maximum absolute atomic E-state index is 12.5. The van der Waals surface area contributed by atoms with Gasteiger partial charge in [0, 0.05) is 18.7 Å². The maximum Gasteiger partial charge on any atom is 0.272 e. The van der Waals surface area contributed by atoms with Gasteiger partial charge in [-0.1, -0.05) is 12.1 Å². The second kappa shape index (κ2) is 6.54. The summed E-state index contributed by atoms with van der Waals surface area (Å²) in [6.45, 7) is 0. The molecule has 6 nitrogen and oxygen atoms in total. The Kier molecular flexibility index (Phi) is 4.34. The summed E-state index contributed by atoms with van der Waals surface area (Å²) < 4.78 is 24.8. The van der Waals surface area contributed by atoms with E-state index in [-0.39, 0.29) is 23.5 Å². The van der Waals surface area contributed by atoms with Gasteiger partial charge in [-0.05, 0) is 55.4 Å². The van der Waals surface area contributed by atoms with E-state index in [2.05, 4.69) is 28.6 Å². The highest BCUT2D eigenvalue weighted by atomic mass is 32.2. The van der Waals surface area contributed by atoms with E-state index in [9.17, 15) is 13.2 Å². The molecule has 26 heavy (non-hydrogen) atoms. The number of sulfone groups is 1. The minimum absolute atomic E-state index is 0.0171. The number of fused-ring (bicyclic) bond motifs is 1. The number of rotatable bonds is 3. The molecule has 1 unspecified atom stereocenters. The van der Waals surface area contributed by atoms with Gasteiger partial charge in [-0.2, -0.15) is 5.10 Å². The van der Waals surface area contributed by atoms with Crippen molar-refractivity contribution in [2.75, 3.05) is 11.5 Å². The summed E-state index contributed by atoms with van der Waals surface area (Å²) in [7, 11) is -1.19. The van der Waals surface area contributed by atoms with Crippen molar-refractivity contribution in [2.24, 2.45) is 7.05 Å². The van der Waals surface area contributed by atoms with E-state index in [0.717, 1.165) is 24.1 Å². The van der Waals surface area contributed by atoms with Gasteiger partial charge in [0.1, 0.15) is 0 Å². The maximum atomic E-state index is 12.5. The van der Waals surface area contributed by atoms with E-state index in [0.29, 0.717) is 12.1 Å². The molecule has 1 fully saturated rings. The number of carbonyl (C=O) groups is 1. The lowest BCUT2D eigenvalue weighted by Crippen LogP contribution is -2.35. The Balaban J connectivity index is 1.55. The molecule has 0 saturated carbocycles. The molecule has 2 aliphatic rings. The Labute approximate surface area is 153 Å². The zero-order chi connectivity index (χ0) is 18.3. The van der Waals surface area contributed by atoms with E-state index < -0.39 is 9.84 Å².